The SMILES string of the molecule is CCCCCCCC/C=C\CCCCCCCCCCCCCCCC(=O)N[C@@H](CO[C@@H]1OC(CO)[C@@H](O[C@@H]2OC(CO)[C@H](O[C@@H]3OC(CO)[C@H](O)[C@H](O[C@@H]4OC(CO[C@]5(C(=O)O)CC(O)[C@@H](NC(C)=O)C([C@H](O)[C@H](O)CO)O5)[C@H](O)[C@H](O[C@@H]5OC(CO)[C@H](O)[C@H](O[C@]6(C(=O)O)CC(O)[C@@H](NC(C)=O)C([C@H](O)[C@H](O)CO)O6)C5O)C4NC(C)=O)C3O)[C@H](O)C2O)[C@H](O)C1O)[C@H](O)/C=C/CCCCCCCCCCCCC. The van der Waals surface area contributed by atoms with Crippen LogP contribution >= 0.6 is 0 Å². The van der Waals surface area contributed by atoms with Crippen molar-refractivity contribution in [2.75, 3.05) is 52.9 Å². The van der Waals surface area contributed by atoms with Crippen molar-refractivity contribution in [3.05, 3.63) is 24.3 Å². The van der Waals surface area contributed by atoms with Gasteiger partial charge in [0.1, 0.15) is 159 Å². The van der Waals surface area contributed by atoms with Gasteiger partial charge in [0.15, 0.2) is 31.5 Å². The fourth-order valence-electron chi connectivity index (χ4n) is 19.4. The van der Waals surface area contributed by atoms with Gasteiger partial charge in [-0.05, 0) is 44.9 Å². The van der Waals surface area contributed by atoms with Crippen molar-refractivity contribution in [2.45, 2.75) is 504 Å². The van der Waals surface area contributed by atoms with E-state index in [9.17, 15) is 151 Å². The summed E-state index contributed by atoms with van der Waals surface area (Å²) in [6.07, 6.45) is -30.2. The van der Waals surface area contributed by atoms with Crippen LogP contribution in [0.5, 0.6) is 0 Å². The summed E-state index contributed by atoms with van der Waals surface area (Å²) in [6, 6.07) is -6.95. The predicted molar refractivity (Wildman–Crippen MR) is 509 cm³/mol. The summed E-state index contributed by atoms with van der Waals surface area (Å²) in [7, 11) is 0. The highest BCUT2D eigenvalue weighted by molar-refractivity contribution is 5.78. The van der Waals surface area contributed by atoms with E-state index in [0.717, 1.165) is 91.4 Å². The molecular formula is C98H172N4O44. The van der Waals surface area contributed by atoms with E-state index in [1.165, 1.54) is 128 Å². The van der Waals surface area contributed by atoms with Crippen LogP contribution in [0.2, 0.25) is 0 Å². The highest BCUT2D eigenvalue weighted by atomic mass is 16.8. The molecule has 0 aliphatic carbocycles. The smallest absolute Gasteiger partial charge is 0.364 e. The van der Waals surface area contributed by atoms with Crippen molar-refractivity contribution >= 4 is 35.6 Å². The molecule has 7 heterocycles. The maximum absolute atomic E-state index is 13.7. The van der Waals surface area contributed by atoms with E-state index in [-0.39, 0.29) is 12.3 Å². The van der Waals surface area contributed by atoms with Gasteiger partial charge in [-0.3, -0.25) is 19.2 Å². The zero-order chi connectivity index (χ0) is 107. The Balaban J connectivity index is 1.06. The molecule has 0 spiro atoms. The van der Waals surface area contributed by atoms with Crippen molar-refractivity contribution in [3.8, 4) is 0 Å². The number of carboxylic acids is 2. The van der Waals surface area contributed by atoms with Crippen molar-refractivity contribution in [1.29, 1.82) is 0 Å². The molecule has 0 saturated carbocycles. The third-order valence-corrected chi connectivity index (χ3v) is 27.8. The number of hydrogen-bond donors (Lipinski definition) is 28. The lowest BCUT2D eigenvalue weighted by atomic mass is 9.88. The first-order valence-electron chi connectivity index (χ1n) is 52.4. The number of ether oxygens (including phenoxy) is 14. The van der Waals surface area contributed by atoms with Crippen molar-refractivity contribution in [1.82, 2.24) is 21.3 Å². The molecule has 48 heteroatoms. The molecule has 14 unspecified atom stereocenters. The first kappa shape index (κ1) is 128. The molecule has 7 aliphatic rings. The molecule has 0 radical (unpaired) electrons. The normalized spacial score (nSPS) is 35.3. The Kier molecular flexibility index (Phi) is 57.9. The molecular weight excluding hydrogens is 1940 g/mol. The predicted octanol–water partition coefficient (Wildman–Crippen LogP) is -3.15. The minimum absolute atomic E-state index is 0.128. The average molecular weight is 2110 g/mol. The number of hydrogen-bond acceptors (Lipinski definition) is 42. The third kappa shape index (κ3) is 38.2. The monoisotopic (exact) mass is 2110 g/mol. The summed E-state index contributed by atoms with van der Waals surface area (Å²) in [4.78, 5) is 79.2. The summed E-state index contributed by atoms with van der Waals surface area (Å²) in [5.41, 5.74) is 0. The van der Waals surface area contributed by atoms with Gasteiger partial charge in [-0.1, -0.05) is 205 Å². The summed E-state index contributed by atoms with van der Waals surface area (Å²) < 4.78 is 83.4. The molecule has 7 saturated heterocycles. The van der Waals surface area contributed by atoms with E-state index in [1.54, 1.807) is 6.08 Å². The first-order chi connectivity index (χ1) is 69.8. The number of carbonyl (C=O) groups is 6. The van der Waals surface area contributed by atoms with Gasteiger partial charge in [0, 0.05) is 40.0 Å². The Bertz CT molecular complexity index is 3740. The second-order valence-electron chi connectivity index (χ2n) is 39.6. The number of nitrogens with one attached hydrogen (secondary N) is 4. The highest BCUT2D eigenvalue weighted by Crippen LogP contribution is 2.43. The number of aliphatic hydroxyl groups excluding tert-OH is 22. The number of carbonyl (C=O) groups excluding carboxylic acids is 4. The molecule has 39 atom stereocenters. The van der Waals surface area contributed by atoms with Crippen LogP contribution in [0.3, 0.4) is 0 Å². The van der Waals surface area contributed by atoms with Gasteiger partial charge in [-0.25, -0.2) is 9.59 Å². The van der Waals surface area contributed by atoms with Gasteiger partial charge in [-0.15, -0.1) is 0 Å². The van der Waals surface area contributed by atoms with Gasteiger partial charge in [-0.2, -0.15) is 0 Å². The lowest BCUT2D eigenvalue weighted by Crippen LogP contribution is -2.72. The number of unbranched alkanes of at least 4 members (excludes halogenated alkanes) is 30. The van der Waals surface area contributed by atoms with Crippen LogP contribution in [0.4, 0.5) is 0 Å². The minimum Gasteiger partial charge on any atom is -0.477 e. The largest absolute Gasteiger partial charge is 0.477 e. The van der Waals surface area contributed by atoms with Gasteiger partial charge >= 0.3 is 11.9 Å². The Morgan fingerprint density at radius 3 is 1.14 bits per heavy atom. The average Bonchev–Trinajstić information content (AvgIpc) is 0.901. The molecule has 0 aromatic heterocycles. The number of aliphatic hydroxyl groups is 22. The maximum atomic E-state index is 13.7. The lowest BCUT2D eigenvalue weighted by Gasteiger charge is -2.52. The highest BCUT2D eigenvalue weighted by Gasteiger charge is 2.64. The fourth-order valence-corrected chi connectivity index (χ4v) is 19.4. The van der Waals surface area contributed by atoms with Crippen LogP contribution in [-0.2, 0) is 95.1 Å². The van der Waals surface area contributed by atoms with Crippen molar-refractivity contribution in [3.63, 3.8) is 0 Å². The van der Waals surface area contributed by atoms with Crippen LogP contribution in [-0.4, -0.2) is 449 Å². The maximum Gasteiger partial charge on any atom is 0.364 e. The number of carboxylic acid groups (broad SMARTS) is 2. The summed E-state index contributed by atoms with van der Waals surface area (Å²) in [5, 5.41) is 282. The van der Waals surface area contributed by atoms with Crippen molar-refractivity contribution in [2.24, 2.45) is 0 Å². The quantitative estimate of drug-likeness (QED) is 0.0211. The topological polar surface area (TPSA) is 765 Å². The summed E-state index contributed by atoms with van der Waals surface area (Å²) in [5.74, 6) is -14.3. The Labute approximate surface area is 852 Å². The zero-order valence-corrected chi connectivity index (χ0v) is 84.7. The number of amides is 4. The molecule has 7 rings (SSSR count). The van der Waals surface area contributed by atoms with Crippen LogP contribution in [0, 0.1) is 0 Å². The number of rotatable bonds is 69. The van der Waals surface area contributed by atoms with Crippen molar-refractivity contribution < 1.29 is 218 Å². The van der Waals surface area contributed by atoms with E-state index < -0.39 is 333 Å². The molecule has 0 aromatic rings. The number of allylic oxidation sites excluding steroid dienone is 3. The molecule has 48 nitrogen and oxygen atoms in total. The summed E-state index contributed by atoms with van der Waals surface area (Å²) >= 11 is 0. The van der Waals surface area contributed by atoms with E-state index in [0.29, 0.717) is 12.8 Å². The van der Waals surface area contributed by atoms with Gasteiger partial charge < -0.3 is 210 Å². The summed E-state index contributed by atoms with van der Waals surface area (Å²) in [6.45, 7) is -1.98. The van der Waals surface area contributed by atoms with Crippen LogP contribution in [0.25, 0.3) is 0 Å². The van der Waals surface area contributed by atoms with E-state index in [4.69, 9.17) is 66.3 Å². The number of aliphatic carboxylic acids is 2. The molecule has 146 heavy (non-hydrogen) atoms. The second-order valence-corrected chi connectivity index (χ2v) is 39.6. The molecule has 7 fully saturated rings. The molecule has 0 bridgehead atoms. The lowest BCUT2D eigenvalue weighted by molar-refractivity contribution is -0.394. The minimum atomic E-state index is -3.40. The molecule has 4 amide bonds. The second kappa shape index (κ2) is 66.2. The Morgan fingerprint density at radius 1 is 0.370 bits per heavy atom. The van der Waals surface area contributed by atoms with E-state index in [1.807, 2.05) is 6.08 Å². The van der Waals surface area contributed by atoms with E-state index in [2.05, 4.69) is 47.3 Å². The molecule has 848 valence electrons. The molecule has 7 aliphatic heterocycles. The Morgan fingerprint density at radius 2 is 0.712 bits per heavy atom. The van der Waals surface area contributed by atoms with Crippen LogP contribution in [0.1, 0.15) is 266 Å². The van der Waals surface area contributed by atoms with Gasteiger partial charge in [0.05, 0.1) is 89.3 Å². The molecule has 28 N–H and O–H groups in total. The zero-order valence-electron chi connectivity index (χ0n) is 84.7. The first-order valence-corrected chi connectivity index (χ1v) is 52.4. The molecule has 0 aromatic carbocycles. The third-order valence-electron chi connectivity index (χ3n) is 27.8. The van der Waals surface area contributed by atoms with Gasteiger partial charge in [0.25, 0.3) is 11.6 Å². The fraction of sp³-hybridized carbons (Fsp3) is 0.898. The standard InChI is InChI=1S/C98H172N4O44/c1-6-8-10-12-14-16-18-20-21-22-23-24-25-26-27-28-29-31-33-35-37-39-41-43-68(117)102-57(58(112)42-40-38-36-34-32-30-19-17-15-13-11-9-7-2)52-133-91-79(125)77(123)83(65(50-107)137-91)140-92-80(126)78(124)84(66(51-108)138-92)141-93-81(127)88(74(120)63(48-105)135-93)143-90-71(101-56(5)111)85(76(122)67(139-90)53-134-97(95(129)130)44-59(113)69(99-54(3)109)86(144-97)72(118)61(115)46-103)142-94-82(128)89(75(121)64(49-106)136-94)146-98(96(131)132)45-60(114)70(100-55(4)110)87(145-98)73(119)62(116)47-104/h20-21,40,42,57-67,69-94,103-108,112-116,118-128H,6-19,22-39,41,43-53H2,1-5H3,(H,99,109)(H,100,110)(H,101,111)(H,102,117)(H,129,130)(H,131,132)/b21-20-,42-40+/t57-,58+,59?,60?,61+,62+,63?,64?,65?,66?,67?,69+,70+,71?,72+,73+,74-,75-,76-,77+,78+,79?,80?,81?,82?,83+,84-,85+,86?,87?,88-,89-,90-,91+,92-,93-,94-,97+,98-/m0/s1. The van der Waals surface area contributed by atoms with Gasteiger partial charge in [0.2, 0.25) is 23.6 Å². The van der Waals surface area contributed by atoms with Crippen LogP contribution < -0.4 is 21.3 Å². The Hall–Kier alpha value is -5.14. The van der Waals surface area contributed by atoms with Crippen LogP contribution in [0.15, 0.2) is 24.3 Å². The van der Waals surface area contributed by atoms with E-state index >= 15 is 0 Å².